The van der Waals surface area contributed by atoms with Crippen molar-refractivity contribution in [1.82, 2.24) is 5.32 Å². The predicted octanol–water partition coefficient (Wildman–Crippen LogP) is 4.38. The van der Waals surface area contributed by atoms with Gasteiger partial charge in [0.1, 0.15) is 5.75 Å². The molecule has 1 N–H and O–H groups in total. The Bertz CT molecular complexity index is 601. The van der Waals surface area contributed by atoms with Gasteiger partial charge in [-0.1, -0.05) is 47.5 Å². The van der Waals surface area contributed by atoms with E-state index in [1.54, 1.807) is 7.11 Å². The van der Waals surface area contributed by atoms with E-state index in [4.69, 9.17) is 27.9 Å². The van der Waals surface area contributed by atoms with Gasteiger partial charge < -0.3 is 10.1 Å². The molecule has 0 bridgehead atoms. The van der Waals surface area contributed by atoms with Crippen LogP contribution in [0.4, 0.5) is 0 Å². The molecule has 0 amide bonds. The Morgan fingerprint density at radius 1 is 1.05 bits per heavy atom. The summed E-state index contributed by atoms with van der Waals surface area (Å²) in [6.07, 6.45) is 1.77. The van der Waals surface area contributed by atoms with Gasteiger partial charge in [0.05, 0.1) is 17.2 Å². The van der Waals surface area contributed by atoms with Gasteiger partial charge in [0.25, 0.3) is 0 Å². The smallest absolute Gasteiger partial charge is 0.122 e. The lowest BCUT2D eigenvalue weighted by Crippen LogP contribution is -2.30. The summed E-state index contributed by atoms with van der Waals surface area (Å²) in [7, 11) is 3.67. The van der Waals surface area contributed by atoms with Crippen molar-refractivity contribution in [3.8, 4) is 5.75 Å². The van der Waals surface area contributed by atoms with Crippen molar-refractivity contribution in [2.24, 2.45) is 0 Å². The Balaban J connectivity index is 2.11. The first-order valence-corrected chi connectivity index (χ1v) is 7.62. The monoisotopic (exact) mass is 323 g/mol. The van der Waals surface area contributed by atoms with E-state index in [-0.39, 0.29) is 0 Å². The van der Waals surface area contributed by atoms with E-state index in [0.717, 1.165) is 18.6 Å². The highest BCUT2D eigenvalue weighted by Gasteiger charge is 2.12. The summed E-state index contributed by atoms with van der Waals surface area (Å²) >= 11 is 12.0. The highest BCUT2D eigenvalue weighted by Crippen LogP contribution is 2.24. The van der Waals surface area contributed by atoms with Gasteiger partial charge in [-0.2, -0.15) is 0 Å². The van der Waals surface area contributed by atoms with E-state index in [1.165, 1.54) is 11.1 Å². The zero-order valence-electron chi connectivity index (χ0n) is 12.2. The van der Waals surface area contributed by atoms with E-state index in [2.05, 4.69) is 11.4 Å². The standard InChI is InChI=1S/C17H19Cl2NO/c1-20-14(9-12-7-8-15(18)16(19)10-12)11-13-5-3-4-6-17(13)21-2/h3-8,10,14,20H,9,11H2,1-2H3. The Morgan fingerprint density at radius 2 is 1.81 bits per heavy atom. The first-order chi connectivity index (χ1) is 10.1. The number of para-hydroxylation sites is 1. The number of hydrogen-bond donors (Lipinski definition) is 1. The molecule has 0 saturated carbocycles. The van der Waals surface area contributed by atoms with Crippen LogP contribution in [-0.4, -0.2) is 20.2 Å². The van der Waals surface area contributed by atoms with Crippen molar-refractivity contribution in [1.29, 1.82) is 0 Å². The molecule has 2 aromatic rings. The maximum Gasteiger partial charge on any atom is 0.122 e. The maximum atomic E-state index is 6.08. The minimum atomic E-state index is 0.304. The van der Waals surface area contributed by atoms with Crippen molar-refractivity contribution < 1.29 is 4.74 Å². The fourth-order valence-corrected chi connectivity index (χ4v) is 2.69. The zero-order chi connectivity index (χ0) is 15.2. The second-order valence-corrected chi connectivity index (χ2v) is 5.77. The largest absolute Gasteiger partial charge is 0.496 e. The van der Waals surface area contributed by atoms with Gasteiger partial charge in [-0.05, 0) is 49.2 Å². The summed E-state index contributed by atoms with van der Waals surface area (Å²) in [5.41, 5.74) is 2.36. The van der Waals surface area contributed by atoms with Crippen LogP contribution in [0.25, 0.3) is 0 Å². The molecule has 2 rings (SSSR count). The molecular formula is C17H19Cl2NO. The number of hydrogen-bond acceptors (Lipinski definition) is 2. The average molecular weight is 324 g/mol. The number of nitrogens with one attached hydrogen (secondary N) is 1. The molecule has 0 aliphatic rings. The first kappa shape index (κ1) is 16.2. The number of halogens is 2. The first-order valence-electron chi connectivity index (χ1n) is 6.87. The Hall–Kier alpha value is -1.22. The molecule has 21 heavy (non-hydrogen) atoms. The minimum Gasteiger partial charge on any atom is -0.496 e. The normalized spacial score (nSPS) is 12.2. The molecule has 0 spiro atoms. The molecular weight excluding hydrogens is 305 g/mol. The fraction of sp³-hybridized carbons (Fsp3) is 0.294. The lowest BCUT2D eigenvalue weighted by Gasteiger charge is -2.18. The quantitative estimate of drug-likeness (QED) is 0.852. The number of ether oxygens (including phenoxy) is 1. The second kappa shape index (κ2) is 7.69. The van der Waals surface area contributed by atoms with Gasteiger partial charge in [-0.25, -0.2) is 0 Å². The van der Waals surface area contributed by atoms with Gasteiger partial charge in [0.15, 0.2) is 0 Å². The van der Waals surface area contributed by atoms with Crippen LogP contribution >= 0.6 is 23.2 Å². The molecule has 0 aliphatic carbocycles. The lowest BCUT2D eigenvalue weighted by atomic mass is 9.98. The number of methoxy groups -OCH3 is 1. The Kier molecular flexibility index (Phi) is 5.92. The Morgan fingerprint density at radius 3 is 2.48 bits per heavy atom. The van der Waals surface area contributed by atoms with Crippen molar-refractivity contribution in [3.63, 3.8) is 0 Å². The van der Waals surface area contributed by atoms with Gasteiger partial charge >= 0.3 is 0 Å². The zero-order valence-corrected chi connectivity index (χ0v) is 13.7. The fourth-order valence-electron chi connectivity index (χ4n) is 2.36. The third-order valence-electron chi connectivity index (χ3n) is 3.53. The molecule has 0 aliphatic heterocycles. The molecule has 0 saturated heterocycles. The molecule has 0 heterocycles. The molecule has 4 heteroatoms. The van der Waals surface area contributed by atoms with Crippen molar-refractivity contribution >= 4 is 23.2 Å². The van der Waals surface area contributed by atoms with Crippen molar-refractivity contribution in [2.45, 2.75) is 18.9 Å². The van der Waals surface area contributed by atoms with E-state index < -0.39 is 0 Å². The van der Waals surface area contributed by atoms with E-state index in [0.29, 0.717) is 16.1 Å². The van der Waals surface area contributed by atoms with Crippen LogP contribution in [-0.2, 0) is 12.8 Å². The number of benzene rings is 2. The third-order valence-corrected chi connectivity index (χ3v) is 4.27. The third kappa shape index (κ3) is 4.37. The van der Waals surface area contributed by atoms with Crippen molar-refractivity contribution in [2.75, 3.05) is 14.2 Å². The Labute approximate surface area is 136 Å². The topological polar surface area (TPSA) is 21.3 Å². The minimum absolute atomic E-state index is 0.304. The van der Waals surface area contributed by atoms with E-state index in [1.807, 2.05) is 43.4 Å². The van der Waals surface area contributed by atoms with Crippen LogP contribution < -0.4 is 10.1 Å². The number of rotatable bonds is 6. The van der Waals surface area contributed by atoms with Crippen LogP contribution in [0, 0.1) is 0 Å². The molecule has 0 fully saturated rings. The molecule has 1 atom stereocenters. The SMILES string of the molecule is CNC(Cc1ccc(Cl)c(Cl)c1)Cc1ccccc1OC. The molecule has 2 nitrogen and oxygen atoms in total. The maximum absolute atomic E-state index is 6.08. The van der Waals surface area contributed by atoms with Gasteiger partial charge in [0, 0.05) is 6.04 Å². The molecule has 0 aromatic heterocycles. The van der Waals surface area contributed by atoms with Crippen LogP contribution in [0.5, 0.6) is 5.75 Å². The van der Waals surface area contributed by atoms with E-state index >= 15 is 0 Å². The molecule has 1 unspecified atom stereocenters. The molecule has 0 radical (unpaired) electrons. The predicted molar refractivity (Wildman–Crippen MR) is 89.7 cm³/mol. The summed E-state index contributed by atoms with van der Waals surface area (Å²) in [5, 5.41) is 4.54. The van der Waals surface area contributed by atoms with Crippen LogP contribution in [0.1, 0.15) is 11.1 Å². The highest BCUT2D eigenvalue weighted by atomic mass is 35.5. The molecule has 2 aromatic carbocycles. The number of likely N-dealkylation sites (N-methyl/N-ethyl adjacent to an activating group) is 1. The van der Waals surface area contributed by atoms with Crippen LogP contribution in [0.2, 0.25) is 10.0 Å². The molecule has 112 valence electrons. The highest BCUT2D eigenvalue weighted by molar-refractivity contribution is 6.42. The van der Waals surface area contributed by atoms with Crippen molar-refractivity contribution in [3.05, 3.63) is 63.6 Å². The van der Waals surface area contributed by atoms with Gasteiger partial charge in [-0.15, -0.1) is 0 Å². The summed E-state index contributed by atoms with van der Waals surface area (Å²) in [6.45, 7) is 0. The van der Waals surface area contributed by atoms with Gasteiger partial charge in [-0.3, -0.25) is 0 Å². The van der Waals surface area contributed by atoms with Crippen LogP contribution in [0.15, 0.2) is 42.5 Å². The van der Waals surface area contributed by atoms with Crippen LogP contribution in [0.3, 0.4) is 0 Å². The van der Waals surface area contributed by atoms with E-state index in [9.17, 15) is 0 Å². The second-order valence-electron chi connectivity index (χ2n) is 4.95. The summed E-state index contributed by atoms with van der Waals surface area (Å²) < 4.78 is 5.41. The summed E-state index contributed by atoms with van der Waals surface area (Å²) in [5.74, 6) is 0.923. The summed E-state index contributed by atoms with van der Waals surface area (Å²) in [6, 6.07) is 14.2. The average Bonchev–Trinajstić information content (AvgIpc) is 2.50. The lowest BCUT2D eigenvalue weighted by molar-refractivity contribution is 0.406. The van der Waals surface area contributed by atoms with Gasteiger partial charge in [0.2, 0.25) is 0 Å². The summed E-state index contributed by atoms with van der Waals surface area (Å²) in [4.78, 5) is 0.